The van der Waals surface area contributed by atoms with E-state index in [0.717, 1.165) is 5.69 Å². The first-order valence-electron chi connectivity index (χ1n) is 9.20. The molecular formula is C19H21ClN2O5S3. The van der Waals surface area contributed by atoms with Crippen LogP contribution in [0, 0.1) is 0 Å². The molecule has 1 aromatic carbocycles. The van der Waals surface area contributed by atoms with Gasteiger partial charge in [-0.05, 0) is 30.7 Å². The summed E-state index contributed by atoms with van der Waals surface area (Å²) in [6.07, 6.45) is 1.71. The lowest BCUT2D eigenvalue weighted by molar-refractivity contribution is -0.141. The van der Waals surface area contributed by atoms with E-state index in [0.29, 0.717) is 30.2 Å². The number of alkyl halides is 1. The maximum absolute atomic E-state index is 12.3. The van der Waals surface area contributed by atoms with Crippen molar-refractivity contribution in [3.05, 3.63) is 35.2 Å². The minimum atomic E-state index is -0.631. The number of nitrogens with zero attached hydrogens (tertiary/aromatic N) is 2. The number of ether oxygens (including phenoxy) is 2. The minimum absolute atomic E-state index is 0.0528. The van der Waals surface area contributed by atoms with Gasteiger partial charge in [-0.3, -0.25) is 14.5 Å². The Labute approximate surface area is 194 Å². The highest BCUT2D eigenvalue weighted by molar-refractivity contribution is 8.05. The summed E-state index contributed by atoms with van der Waals surface area (Å²) >= 11 is 15.5. The number of esters is 1. The van der Waals surface area contributed by atoms with Crippen molar-refractivity contribution in [2.24, 2.45) is 0 Å². The average molecular weight is 489 g/mol. The Balaban J connectivity index is 1.67. The van der Waals surface area contributed by atoms with Gasteiger partial charge >= 0.3 is 5.97 Å². The van der Waals surface area contributed by atoms with Crippen LogP contribution in [0.5, 0.6) is 0 Å². The SMILES string of the molecule is O=C(OC(CS)CN(C(=O)S)c1ccc(N2CCOCC2=O)cc1)C1=CCC(Cl)S1. The molecule has 3 rings (SSSR count). The molecule has 7 nitrogen and oxygen atoms in total. The standard InChI is InChI=1S/C19H21ClN2O5S3/c20-16-6-5-15(30-16)18(24)27-14(11-28)9-22(19(25)29)13-3-1-12(2-4-13)21-7-8-26-10-17(21)23/h1-5,14,16,28H,6-11H2,(H,25,29). The number of benzene rings is 1. The first kappa shape index (κ1) is 23.3. The smallest absolute Gasteiger partial charge is 0.344 e. The quantitative estimate of drug-likeness (QED) is 0.348. The van der Waals surface area contributed by atoms with Crippen molar-refractivity contribution in [1.82, 2.24) is 0 Å². The topological polar surface area (TPSA) is 76.2 Å². The van der Waals surface area contributed by atoms with Gasteiger partial charge in [0.15, 0.2) is 0 Å². The Kier molecular flexibility index (Phi) is 8.41. The number of anilines is 2. The van der Waals surface area contributed by atoms with Gasteiger partial charge in [-0.2, -0.15) is 12.6 Å². The van der Waals surface area contributed by atoms with E-state index < -0.39 is 17.3 Å². The fourth-order valence-corrected chi connectivity index (χ4v) is 4.58. The van der Waals surface area contributed by atoms with Crippen molar-refractivity contribution in [3.63, 3.8) is 0 Å². The molecule has 0 bridgehead atoms. The third-order valence-electron chi connectivity index (χ3n) is 4.50. The van der Waals surface area contributed by atoms with Gasteiger partial charge in [0.1, 0.15) is 12.7 Å². The van der Waals surface area contributed by atoms with Crippen LogP contribution in [-0.4, -0.2) is 60.0 Å². The first-order chi connectivity index (χ1) is 14.4. The predicted octanol–water partition coefficient (Wildman–Crippen LogP) is 3.33. The highest BCUT2D eigenvalue weighted by Gasteiger charge is 2.27. The Morgan fingerprint density at radius 1 is 1.37 bits per heavy atom. The van der Waals surface area contributed by atoms with E-state index >= 15 is 0 Å². The molecule has 2 atom stereocenters. The fourth-order valence-electron chi connectivity index (χ4n) is 3.01. The van der Waals surface area contributed by atoms with Crippen LogP contribution < -0.4 is 9.80 Å². The van der Waals surface area contributed by atoms with E-state index in [1.807, 2.05) is 0 Å². The lowest BCUT2D eigenvalue weighted by Gasteiger charge is -2.28. The van der Waals surface area contributed by atoms with E-state index in [4.69, 9.17) is 21.1 Å². The molecule has 0 aromatic heterocycles. The number of hydrogen-bond donors (Lipinski definition) is 2. The van der Waals surface area contributed by atoms with Crippen molar-refractivity contribution in [1.29, 1.82) is 0 Å². The van der Waals surface area contributed by atoms with Gasteiger partial charge in [0.2, 0.25) is 0 Å². The summed E-state index contributed by atoms with van der Waals surface area (Å²) in [5, 5.41) is -0.497. The second-order valence-electron chi connectivity index (χ2n) is 6.55. The van der Waals surface area contributed by atoms with Crippen LogP contribution in [-0.2, 0) is 19.1 Å². The molecule has 2 heterocycles. The minimum Gasteiger partial charge on any atom is -0.456 e. The maximum Gasteiger partial charge on any atom is 0.344 e. The van der Waals surface area contributed by atoms with Gasteiger partial charge in [-0.15, -0.1) is 11.6 Å². The van der Waals surface area contributed by atoms with Crippen LogP contribution in [0.4, 0.5) is 16.2 Å². The van der Waals surface area contributed by atoms with Gasteiger partial charge in [0.05, 0.1) is 22.8 Å². The second-order valence-corrected chi connectivity index (χ2v) is 9.33. The molecule has 11 heteroatoms. The monoisotopic (exact) mass is 488 g/mol. The van der Waals surface area contributed by atoms with Crippen LogP contribution in [0.2, 0.25) is 0 Å². The first-order valence-corrected chi connectivity index (χ1v) is 11.6. The molecule has 162 valence electrons. The Morgan fingerprint density at radius 2 is 2.10 bits per heavy atom. The van der Waals surface area contributed by atoms with Crippen molar-refractivity contribution >= 4 is 77.1 Å². The molecule has 0 aliphatic carbocycles. The van der Waals surface area contributed by atoms with E-state index in [1.54, 1.807) is 35.2 Å². The van der Waals surface area contributed by atoms with Crippen LogP contribution >= 0.6 is 48.6 Å². The summed E-state index contributed by atoms with van der Waals surface area (Å²) in [6, 6.07) is 6.95. The van der Waals surface area contributed by atoms with Gasteiger partial charge in [-0.1, -0.05) is 30.5 Å². The molecule has 0 N–H and O–H groups in total. The van der Waals surface area contributed by atoms with Crippen molar-refractivity contribution in [3.8, 4) is 0 Å². The lowest BCUT2D eigenvalue weighted by atomic mass is 10.2. The molecule has 2 amide bonds. The molecule has 2 aliphatic heterocycles. The number of morpholine rings is 1. The summed E-state index contributed by atoms with van der Waals surface area (Å²) in [5.41, 5.74) is 1.29. The number of allylic oxidation sites excluding steroid dienone is 1. The largest absolute Gasteiger partial charge is 0.456 e. The lowest BCUT2D eigenvalue weighted by Crippen LogP contribution is -2.41. The average Bonchev–Trinajstić information content (AvgIpc) is 3.18. The number of rotatable bonds is 7. The summed E-state index contributed by atoms with van der Waals surface area (Å²) < 4.78 is 10.5. The van der Waals surface area contributed by atoms with Crippen LogP contribution in [0.25, 0.3) is 0 Å². The third-order valence-corrected chi connectivity index (χ3v) is 6.63. The molecular weight excluding hydrogens is 468 g/mol. The third kappa shape index (κ3) is 5.88. The summed E-state index contributed by atoms with van der Waals surface area (Å²) in [4.78, 5) is 39.9. The zero-order valence-corrected chi connectivity index (χ0v) is 19.3. The van der Waals surface area contributed by atoms with E-state index in [-0.39, 0.29) is 29.5 Å². The Morgan fingerprint density at radius 3 is 2.67 bits per heavy atom. The van der Waals surface area contributed by atoms with Gasteiger partial charge in [0.25, 0.3) is 11.1 Å². The molecule has 1 fully saturated rings. The summed E-state index contributed by atoms with van der Waals surface area (Å²) in [7, 11) is 0. The number of carbonyl (C=O) groups excluding carboxylic acids is 3. The molecule has 2 aliphatic rings. The second kappa shape index (κ2) is 10.8. The molecule has 0 spiro atoms. The van der Waals surface area contributed by atoms with Crippen molar-refractivity contribution in [2.45, 2.75) is 17.2 Å². The van der Waals surface area contributed by atoms with Crippen LogP contribution in [0.15, 0.2) is 35.2 Å². The Hall–Kier alpha value is -1.33. The number of hydrogen-bond acceptors (Lipinski definition) is 7. The normalized spacial score (nSPS) is 20.0. The van der Waals surface area contributed by atoms with Crippen LogP contribution in [0.1, 0.15) is 6.42 Å². The highest BCUT2D eigenvalue weighted by atomic mass is 35.5. The maximum atomic E-state index is 12.3. The van der Waals surface area contributed by atoms with Crippen molar-refractivity contribution in [2.75, 3.05) is 41.9 Å². The zero-order chi connectivity index (χ0) is 21.7. The van der Waals surface area contributed by atoms with E-state index in [9.17, 15) is 14.4 Å². The highest BCUT2D eigenvalue weighted by Crippen LogP contribution is 2.35. The molecule has 2 unspecified atom stereocenters. The predicted molar refractivity (Wildman–Crippen MR) is 125 cm³/mol. The fraction of sp³-hybridized carbons (Fsp3) is 0.421. The summed E-state index contributed by atoms with van der Waals surface area (Å²) in [6.45, 7) is 1.10. The number of thiol groups is 2. The van der Waals surface area contributed by atoms with E-state index in [2.05, 4.69) is 25.3 Å². The molecule has 0 radical (unpaired) electrons. The zero-order valence-electron chi connectivity index (χ0n) is 15.9. The molecule has 30 heavy (non-hydrogen) atoms. The molecule has 0 saturated carbocycles. The number of thioether (sulfide) groups is 1. The number of carbonyl (C=O) groups is 3. The van der Waals surface area contributed by atoms with Crippen LogP contribution in [0.3, 0.4) is 0 Å². The van der Waals surface area contributed by atoms with Gasteiger partial charge in [0, 0.05) is 23.7 Å². The number of amides is 2. The van der Waals surface area contributed by atoms with Crippen molar-refractivity contribution < 1.29 is 23.9 Å². The molecule has 1 aromatic rings. The van der Waals surface area contributed by atoms with E-state index in [1.165, 1.54) is 16.7 Å². The Bertz CT molecular complexity index is 836. The summed E-state index contributed by atoms with van der Waals surface area (Å²) in [5.74, 6) is -0.363. The van der Waals surface area contributed by atoms with Gasteiger partial charge in [-0.25, -0.2) is 4.79 Å². The van der Waals surface area contributed by atoms with Gasteiger partial charge < -0.3 is 14.4 Å². The molecule has 1 saturated heterocycles. The number of halogens is 1.